The van der Waals surface area contributed by atoms with Crippen molar-refractivity contribution in [3.8, 4) is 5.75 Å². The Labute approximate surface area is 186 Å². The second kappa shape index (κ2) is 11.4. The van der Waals surface area contributed by atoms with Gasteiger partial charge in [-0.15, -0.1) is 0 Å². The van der Waals surface area contributed by atoms with Gasteiger partial charge in [-0.05, 0) is 55.7 Å². The molecule has 4 N–H and O–H groups in total. The van der Waals surface area contributed by atoms with Crippen molar-refractivity contribution in [1.29, 1.82) is 0 Å². The maximum atomic E-state index is 13.7. The molecule has 1 saturated heterocycles. The molecule has 0 aromatic heterocycles. The molecule has 2 aromatic rings. The molecule has 3 amide bonds. The zero-order valence-corrected chi connectivity index (χ0v) is 17.8. The Balaban J connectivity index is 1.43. The van der Waals surface area contributed by atoms with Gasteiger partial charge in [-0.2, -0.15) is 0 Å². The van der Waals surface area contributed by atoms with E-state index >= 15 is 0 Å². The minimum absolute atomic E-state index is 0.00238. The summed E-state index contributed by atoms with van der Waals surface area (Å²) in [6.45, 7) is 0.0671. The Kier molecular flexibility index (Phi) is 8.41. The largest absolute Gasteiger partial charge is 0.497 e. The monoisotopic (exact) mass is 445 g/mol. The number of nitrogens with one attached hydrogen (secondary N) is 3. The van der Waals surface area contributed by atoms with Crippen LogP contribution in [0.2, 0.25) is 0 Å². The Bertz CT molecular complexity index is 909. The highest BCUT2D eigenvalue weighted by atomic mass is 19.1. The van der Waals surface area contributed by atoms with E-state index < -0.39 is 23.9 Å². The highest BCUT2D eigenvalue weighted by Gasteiger charge is 2.31. The van der Waals surface area contributed by atoms with Crippen LogP contribution in [0.15, 0.2) is 48.5 Å². The third-order valence-electron chi connectivity index (χ3n) is 5.33. The lowest BCUT2D eigenvalue weighted by atomic mass is 9.97. The molecule has 32 heavy (non-hydrogen) atoms. The van der Waals surface area contributed by atoms with Gasteiger partial charge in [0.1, 0.15) is 17.7 Å². The molecule has 1 aliphatic rings. The lowest BCUT2D eigenvalue weighted by molar-refractivity contribution is -0.0886. The lowest BCUT2D eigenvalue weighted by Gasteiger charge is -2.36. The van der Waals surface area contributed by atoms with E-state index in [-0.39, 0.29) is 24.3 Å². The van der Waals surface area contributed by atoms with Crippen LogP contribution in [0, 0.1) is 5.82 Å². The number of ether oxygens (including phenoxy) is 2. The molecule has 0 saturated carbocycles. The minimum atomic E-state index is -0.568. The third-order valence-corrected chi connectivity index (χ3v) is 5.33. The van der Waals surface area contributed by atoms with Gasteiger partial charge < -0.3 is 30.5 Å². The van der Waals surface area contributed by atoms with Gasteiger partial charge in [0, 0.05) is 12.2 Å². The van der Waals surface area contributed by atoms with Crippen molar-refractivity contribution in [2.75, 3.05) is 25.6 Å². The summed E-state index contributed by atoms with van der Waals surface area (Å²) in [5.41, 5.74) is 0.612. The van der Waals surface area contributed by atoms with Crippen LogP contribution in [0.3, 0.4) is 0 Å². The summed E-state index contributed by atoms with van der Waals surface area (Å²) in [6, 6.07) is 12.0. The van der Waals surface area contributed by atoms with Gasteiger partial charge in [-0.3, -0.25) is 4.79 Å². The van der Waals surface area contributed by atoms with Crippen molar-refractivity contribution in [1.82, 2.24) is 10.6 Å². The summed E-state index contributed by atoms with van der Waals surface area (Å²) in [6.07, 6.45) is 1.04. The van der Waals surface area contributed by atoms with Crippen LogP contribution in [0.25, 0.3) is 0 Å². The van der Waals surface area contributed by atoms with E-state index in [1.807, 2.05) is 0 Å². The number of urea groups is 1. The molecule has 0 radical (unpaired) electrons. The zero-order chi connectivity index (χ0) is 22.9. The van der Waals surface area contributed by atoms with Gasteiger partial charge in [0.15, 0.2) is 0 Å². The predicted octanol–water partition coefficient (Wildman–Crippen LogP) is 2.68. The number of rotatable bonds is 8. The van der Waals surface area contributed by atoms with Gasteiger partial charge in [0.05, 0.1) is 31.4 Å². The van der Waals surface area contributed by atoms with Gasteiger partial charge in [0.25, 0.3) is 5.91 Å². The van der Waals surface area contributed by atoms with Crippen molar-refractivity contribution in [3.05, 3.63) is 59.9 Å². The van der Waals surface area contributed by atoms with Gasteiger partial charge in [0.2, 0.25) is 0 Å². The molecule has 9 heteroatoms. The number of hydrogen-bond donors (Lipinski definition) is 4. The molecule has 1 heterocycles. The van der Waals surface area contributed by atoms with E-state index in [1.165, 1.54) is 18.2 Å². The summed E-state index contributed by atoms with van der Waals surface area (Å²) in [7, 11) is 1.57. The third kappa shape index (κ3) is 6.41. The molecule has 8 nitrogen and oxygen atoms in total. The van der Waals surface area contributed by atoms with E-state index in [0.717, 1.165) is 0 Å². The topological polar surface area (TPSA) is 109 Å². The fraction of sp³-hybridized carbons (Fsp3) is 0.391. The molecule has 2 aromatic carbocycles. The first kappa shape index (κ1) is 23.5. The van der Waals surface area contributed by atoms with Crippen LogP contribution >= 0.6 is 0 Å². The number of aliphatic hydroxyl groups is 1. The van der Waals surface area contributed by atoms with Gasteiger partial charge >= 0.3 is 6.03 Å². The maximum Gasteiger partial charge on any atom is 0.319 e. The Morgan fingerprint density at radius 2 is 1.91 bits per heavy atom. The SMILES string of the molecule is COc1ccc(NC(=O)N[C@H]2CC[C@H](CCNC(=O)c3ccccc3F)O[C@H]2CO)cc1. The molecule has 0 spiro atoms. The first-order chi connectivity index (χ1) is 15.5. The average Bonchev–Trinajstić information content (AvgIpc) is 2.80. The number of aliphatic hydroxyl groups excluding tert-OH is 1. The first-order valence-corrected chi connectivity index (χ1v) is 10.5. The van der Waals surface area contributed by atoms with Crippen LogP contribution in [0.1, 0.15) is 29.6 Å². The number of halogens is 1. The van der Waals surface area contributed by atoms with E-state index in [1.54, 1.807) is 37.4 Å². The predicted molar refractivity (Wildman–Crippen MR) is 117 cm³/mol. The van der Waals surface area contributed by atoms with Crippen LogP contribution in [-0.4, -0.2) is 55.6 Å². The van der Waals surface area contributed by atoms with E-state index in [2.05, 4.69) is 16.0 Å². The first-order valence-electron chi connectivity index (χ1n) is 10.5. The summed E-state index contributed by atoms with van der Waals surface area (Å²) in [5, 5.41) is 18.0. The van der Waals surface area contributed by atoms with Crippen molar-refractivity contribution >= 4 is 17.6 Å². The number of carbonyl (C=O) groups is 2. The number of benzene rings is 2. The molecular weight excluding hydrogens is 417 g/mol. The van der Waals surface area contributed by atoms with Gasteiger partial charge in [-0.1, -0.05) is 12.1 Å². The van der Waals surface area contributed by atoms with Crippen LogP contribution in [-0.2, 0) is 4.74 Å². The van der Waals surface area contributed by atoms with E-state index in [9.17, 15) is 19.1 Å². The number of methoxy groups -OCH3 is 1. The highest BCUT2D eigenvalue weighted by molar-refractivity contribution is 5.94. The summed E-state index contributed by atoms with van der Waals surface area (Å²) in [5.74, 6) is -0.360. The average molecular weight is 445 g/mol. The van der Waals surface area contributed by atoms with E-state index in [4.69, 9.17) is 9.47 Å². The summed E-state index contributed by atoms with van der Waals surface area (Å²) in [4.78, 5) is 24.4. The second-order valence-electron chi connectivity index (χ2n) is 7.51. The fourth-order valence-corrected chi connectivity index (χ4v) is 3.61. The smallest absolute Gasteiger partial charge is 0.319 e. The summed E-state index contributed by atoms with van der Waals surface area (Å²) >= 11 is 0. The molecule has 3 rings (SSSR count). The quantitative estimate of drug-likeness (QED) is 0.500. The second-order valence-corrected chi connectivity index (χ2v) is 7.51. The van der Waals surface area contributed by atoms with Crippen molar-refractivity contribution < 1.29 is 28.6 Å². The van der Waals surface area contributed by atoms with Crippen LogP contribution in [0.4, 0.5) is 14.9 Å². The molecule has 172 valence electrons. The van der Waals surface area contributed by atoms with Crippen LogP contribution < -0.4 is 20.7 Å². The number of carbonyl (C=O) groups excluding carboxylic acids is 2. The summed E-state index contributed by atoms with van der Waals surface area (Å²) < 4.78 is 24.7. The Hall–Kier alpha value is -3.17. The normalized spacial score (nSPS) is 20.3. The fourth-order valence-electron chi connectivity index (χ4n) is 3.61. The number of anilines is 1. The number of hydrogen-bond acceptors (Lipinski definition) is 5. The van der Waals surface area contributed by atoms with Gasteiger partial charge in [-0.25, -0.2) is 9.18 Å². The molecule has 0 bridgehead atoms. The standard InChI is InChI=1S/C23H28FN3O5/c1-31-16-8-6-15(7-9-16)26-23(30)27-20-11-10-17(32-21(20)14-28)12-13-25-22(29)18-4-2-3-5-19(18)24/h2-9,17,20-21,28H,10-14H2,1H3,(H,25,29)(H2,26,27,30)/t17-,20+,21+/m1/s1. The van der Waals surface area contributed by atoms with Crippen LogP contribution in [0.5, 0.6) is 5.75 Å². The molecular formula is C23H28FN3O5. The zero-order valence-electron chi connectivity index (χ0n) is 17.8. The Morgan fingerprint density at radius 3 is 2.59 bits per heavy atom. The van der Waals surface area contributed by atoms with Crippen molar-refractivity contribution in [2.45, 2.75) is 37.5 Å². The number of amides is 3. The lowest BCUT2D eigenvalue weighted by Crippen LogP contribution is -2.52. The highest BCUT2D eigenvalue weighted by Crippen LogP contribution is 2.22. The van der Waals surface area contributed by atoms with Crippen molar-refractivity contribution in [3.63, 3.8) is 0 Å². The molecule has 0 unspecified atom stereocenters. The molecule has 3 atom stereocenters. The molecule has 0 aliphatic carbocycles. The Morgan fingerprint density at radius 1 is 1.16 bits per heavy atom. The van der Waals surface area contributed by atoms with E-state index in [0.29, 0.717) is 37.2 Å². The molecule has 1 fully saturated rings. The minimum Gasteiger partial charge on any atom is -0.497 e. The molecule has 1 aliphatic heterocycles. The van der Waals surface area contributed by atoms with Crippen molar-refractivity contribution in [2.24, 2.45) is 0 Å². The maximum absolute atomic E-state index is 13.7.